The molecule has 2 amide bonds. The van der Waals surface area contributed by atoms with Crippen LogP contribution in [-0.4, -0.2) is 6.03 Å². The van der Waals surface area contributed by atoms with Crippen LogP contribution in [0.15, 0.2) is 30.5 Å². The van der Waals surface area contributed by atoms with Crippen LogP contribution in [0.1, 0.15) is 20.8 Å². The molecule has 98 valence electrons. The van der Waals surface area contributed by atoms with Gasteiger partial charge in [0, 0.05) is 6.20 Å². The van der Waals surface area contributed by atoms with E-state index >= 15 is 0 Å². The number of urea groups is 1. The molecule has 0 radical (unpaired) electrons. The average Bonchev–Trinajstić information content (AvgIpc) is 2.22. The highest BCUT2D eigenvalue weighted by Crippen LogP contribution is 2.17. The van der Waals surface area contributed by atoms with E-state index in [0.717, 1.165) is 12.1 Å². The van der Waals surface area contributed by atoms with Crippen molar-refractivity contribution in [1.29, 1.82) is 0 Å². The van der Waals surface area contributed by atoms with Gasteiger partial charge in [-0.25, -0.2) is 13.6 Å². The highest BCUT2D eigenvalue weighted by atomic mass is 19.1. The smallest absolute Gasteiger partial charge is 0.315 e. The molecule has 0 aliphatic heterocycles. The minimum absolute atomic E-state index is 0.0868. The van der Waals surface area contributed by atoms with Crippen LogP contribution < -0.4 is 10.6 Å². The molecule has 0 bridgehead atoms. The lowest BCUT2D eigenvalue weighted by atomic mass is 9.97. The van der Waals surface area contributed by atoms with Crippen molar-refractivity contribution in [3.63, 3.8) is 0 Å². The molecule has 0 saturated heterocycles. The topological polar surface area (TPSA) is 41.1 Å². The summed E-state index contributed by atoms with van der Waals surface area (Å²) in [6.45, 7) is 5.87. The van der Waals surface area contributed by atoms with E-state index in [4.69, 9.17) is 0 Å². The van der Waals surface area contributed by atoms with Crippen molar-refractivity contribution in [3.8, 4) is 0 Å². The molecule has 1 aromatic rings. The van der Waals surface area contributed by atoms with E-state index in [1.165, 1.54) is 12.3 Å². The summed E-state index contributed by atoms with van der Waals surface area (Å²) in [5, 5.41) is 4.49. The Morgan fingerprint density at radius 2 is 1.78 bits per heavy atom. The number of para-hydroxylation sites is 1. The molecular formula is C13H16F2N2O. The van der Waals surface area contributed by atoms with Gasteiger partial charge < -0.3 is 10.6 Å². The second kappa shape index (κ2) is 5.62. The summed E-state index contributed by atoms with van der Waals surface area (Å²) >= 11 is 0. The Morgan fingerprint density at radius 1 is 1.22 bits per heavy atom. The van der Waals surface area contributed by atoms with Gasteiger partial charge in [-0.1, -0.05) is 32.9 Å². The lowest BCUT2D eigenvalue weighted by Gasteiger charge is -2.11. The third kappa shape index (κ3) is 4.53. The summed E-state index contributed by atoms with van der Waals surface area (Å²) < 4.78 is 26.4. The lowest BCUT2D eigenvalue weighted by Crippen LogP contribution is -2.25. The SMILES string of the molecule is CC(C)(C)/C=C/NC(=O)Nc1c(F)cccc1F. The van der Waals surface area contributed by atoms with Gasteiger partial charge in [0.1, 0.15) is 17.3 Å². The summed E-state index contributed by atoms with van der Waals surface area (Å²) in [5.74, 6) is -1.63. The third-order valence-electron chi connectivity index (χ3n) is 2.00. The molecule has 2 N–H and O–H groups in total. The van der Waals surface area contributed by atoms with Crippen molar-refractivity contribution in [2.45, 2.75) is 20.8 Å². The third-order valence-corrected chi connectivity index (χ3v) is 2.00. The maximum atomic E-state index is 13.2. The molecule has 0 heterocycles. The van der Waals surface area contributed by atoms with Gasteiger partial charge in [0.2, 0.25) is 0 Å². The van der Waals surface area contributed by atoms with E-state index in [1.807, 2.05) is 20.8 Å². The molecule has 0 unspecified atom stereocenters. The van der Waals surface area contributed by atoms with Gasteiger partial charge in [0.05, 0.1) is 0 Å². The Morgan fingerprint density at radius 3 is 2.28 bits per heavy atom. The predicted molar refractivity (Wildman–Crippen MR) is 67.1 cm³/mol. The molecule has 1 rings (SSSR count). The summed E-state index contributed by atoms with van der Waals surface area (Å²) in [6, 6.07) is 2.68. The van der Waals surface area contributed by atoms with E-state index in [1.54, 1.807) is 6.08 Å². The fourth-order valence-corrected chi connectivity index (χ4v) is 1.13. The van der Waals surface area contributed by atoms with Crippen LogP contribution in [0.4, 0.5) is 19.3 Å². The van der Waals surface area contributed by atoms with Gasteiger partial charge in [0.15, 0.2) is 0 Å². The van der Waals surface area contributed by atoms with E-state index in [2.05, 4.69) is 10.6 Å². The fourth-order valence-electron chi connectivity index (χ4n) is 1.13. The first-order chi connectivity index (χ1) is 8.29. The van der Waals surface area contributed by atoms with Crippen molar-refractivity contribution in [1.82, 2.24) is 5.32 Å². The maximum Gasteiger partial charge on any atom is 0.323 e. The zero-order chi connectivity index (χ0) is 13.8. The van der Waals surface area contributed by atoms with Crippen LogP contribution in [0.2, 0.25) is 0 Å². The molecule has 0 aliphatic carbocycles. The van der Waals surface area contributed by atoms with Gasteiger partial charge in [-0.2, -0.15) is 0 Å². The number of hydrogen-bond acceptors (Lipinski definition) is 1. The number of anilines is 1. The second-order valence-corrected chi connectivity index (χ2v) is 4.89. The average molecular weight is 254 g/mol. The van der Waals surface area contributed by atoms with Crippen molar-refractivity contribution < 1.29 is 13.6 Å². The van der Waals surface area contributed by atoms with Crippen LogP contribution in [0.5, 0.6) is 0 Å². The Labute approximate surface area is 105 Å². The van der Waals surface area contributed by atoms with Crippen LogP contribution in [-0.2, 0) is 0 Å². The molecule has 0 saturated carbocycles. The fraction of sp³-hybridized carbons (Fsp3) is 0.308. The first kappa shape index (κ1) is 14.2. The molecule has 0 atom stereocenters. The van der Waals surface area contributed by atoms with Crippen LogP contribution >= 0.6 is 0 Å². The minimum atomic E-state index is -0.815. The van der Waals surface area contributed by atoms with E-state index < -0.39 is 23.4 Å². The number of amides is 2. The van der Waals surface area contributed by atoms with Crippen molar-refractivity contribution in [2.75, 3.05) is 5.32 Å². The monoisotopic (exact) mass is 254 g/mol. The van der Waals surface area contributed by atoms with Crippen LogP contribution in [0, 0.1) is 17.0 Å². The number of benzene rings is 1. The van der Waals surface area contributed by atoms with E-state index in [9.17, 15) is 13.6 Å². The van der Waals surface area contributed by atoms with Gasteiger partial charge >= 0.3 is 6.03 Å². The molecule has 0 aliphatic rings. The molecule has 1 aromatic carbocycles. The number of nitrogens with one attached hydrogen (secondary N) is 2. The highest BCUT2D eigenvalue weighted by molar-refractivity contribution is 5.90. The Hall–Kier alpha value is -1.91. The quantitative estimate of drug-likeness (QED) is 0.831. The lowest BCUT2D eigenvalue weighted by molar-refractivity contribution is 0.254. The molecule has 0 aromatic heterocycles. The molecule has 3 nitrogen and oxygen atoms in total. The summed E-state index contributed by atoms with van der Waals surface area (Å²) in [5.41, 5.74) is -0.546. The summed E-state index contributed by atoms with van der Waals surface area (Å²) in [6.07, 6.45) is 3.21. The zero-order valence-electron chi connectivity index (χ0n) is 10.6. The number of rotatable bonds is 2. The number of hydrogen-bond donors (Lipinski definition) is 2. The molecule has 0 fully saturated rings. The van der Waals surface area contributed by atoms with Gasteiger partial charge in [-0.15, -0.1) is 0 Å². The standard InChI is InChI=1S/C13H16F2N2O/c1-13(2,3)7-8-16-12(18)17-11-9(14)5-4-6-10(11)15/h4-8H,1-3H3,(H2,16,17,18)/b8-7+. The number of carbonyl (C=O) groups is 1. The molecule has 18 heavy (non-hydrogen) atoms. The minimum Gasteiger partial charge on any atom is -0.315 e. The first-order valence-electron chi connectivity index (χ1n) is 5.49. The second-order valence-electron chi connectivity index (χ2n) is 4.89. The van der Waals surface area contributed by atoms with Gasteiger partial charge in [-0.05, 0) is 17.5 Å². The summed E-state index contributed by atoms with van der Waals surface area (Å²) in [7, 11) is 0. The first-order valence-corrected chi connectivity index (χ1v) is 5.49. The maximum absolute atomic E-state index is 13.2. The molecule has 5 heteroatoms. The van der Waals surface area contributed by atoms with Gasteiger partial charge in [-0.3, -0.25) is 0 Å². The normalized spacial score (nSPS) is 11.6. The van der Waals surface area contributed by atoms with Crippen LogP contribution in [0.25, 0.3) is 0 Å². The number of carbonyl (C=O) groups excluding carboxylic acids is 1. The van der Waals surface area contributed by atoms with Crippen molar-refractivity contribution >= 4 is 11.7 Å². The molecule has 0 spiro atoms. The number of halogens is 2. The van der Waals surface area contributed by atoms with Crippen molar-refractivity contribution in [3.05, 3.63) is 42.1 Å². The largest absolute Gasteiger partial charge is 0.323 e. The van der Waals surface area contributed by atoms with Crippen LogP contribution in [0.3, 0.4) is 0 Å². The Kier molecular flexibility index (Phi) is 4.42. The highest BCUT2D eigenvalue weighted by Gasteiger charge is 2.11. The summed E-state index contributed by atoms with van der Waals surface area (Å²) in [4.78, 5) is 11.4. The van der Waals surface area contributed by atoms with E-state index in [0.29, 0.717) is 0 Å². The molecular weight excluding hydrogens is 238 g/mol. The Bertz CT molecular complexity index is 444. The van der Waals surface area contributed by atoms with Crippen molar-refractivity contribution in [2.24, 2.45) is 5.41 Å². The zero-order valence-corrected chi connectivity index (χ0v) is 10.6. The van der Waals surface area contributed by atoms with E-state index in [-0.39, 0.29) is 5.41 Å². The number of allylic oxidation sites excluding steroid dienone is 1. The van der Waals surface area contributed by atoms with Gasteiger partial charge in [0.25, 0.3) is 0 Å². The Balaban J connectivity index is 2.63. The predicted octanol–water partition coefficient (Wildman–Crippen LogP) is 3.65.